The highest BCUT2D eigenvalue weighted by Crippen LogP contribution is 2.07. The molecule has 0 amide bonds. The minimum absolute atomic E-state index is 0.0523. The van der Waals surface area contributed by atoms with Crippen molar-refractivity contribution in [1.29, 1.82) is 0 Å². The summed E-state index contributed by atoms with van der Waals surface area (Å²) in [6.45, 7) is 6.78. The third-order valence-corrected chi connectivity index (χ3v) is 3.12. The van der Waals surface area contributed by atoms with Gasteiger partial charge in [0.05, 0.1) is 13.2 Å². The van der Waals surface area contributed by atoms with Crippen LogP contribution in [-0.2, 0) is 14.3 Å². The van der Waals surface area contributed by atoms with Gasteiger partial charge in [-0.3, -0.25) is 0 Å². The Labute approximate surface area is 102 Å². The highest BCUT2D eigenvalue weighted by atomic mass is 32.2. The molecule has 1 N–H and O–H groups in total. The van der Waals surface area contributed by atoms with E-state index in [9.17, 15) is 4.79 Å². The molecule has 0 aromatic heterocycles. The molecule has 96 valence electrons. The molecular formula is C11H23NO3S. The van der Waals surface area contributed by atoms with E-state index < -0.39 is 0 Å². The number of ether oxygens (including phenoxy) is 2. The molecule has 0 radical (unpaired) electrons. The average molecular weight is 249 g/mol. The Kier molecular flexibility index (Phi) is 11.0. The van der Waals surface area contributed by atoms with Gasteiger partial charge in [-0.05, 0) is 26.1 Å². The first kappa shape index (κ1) is 15.7. The average Bonchev–Trinajstić information content (AvgIpc) is 2.27. The van der Waals surface area contributed by atoms with Gasteiger partial charge in [0.1, 0.15) is 6.61 Å². The molecule has 0 heterocycles. The molecule has 0 aliphatic rings. The highest BCUT2D eigenvalue weighted by Gasteiger charge is 2.01. The van der Waals surface area contributed by atoms with Gasteiger partial charge >= 0.3 is 5.97 Å². The van der Waals surface area contributed by atoms with Crippen LogP contribution < -0.4 is 5.32 Å². The van der Waals surface area contributed by atoms with E-state index in [1.165, 1.54) is 0 Å². The zero-order valence-electron chi connectivity index (χ0n) is 10.5. The summed E-state index contributed by atoms with van der Waals surface area (Å²) in [5.74, 6) is -0.293. The van der Waals surface area contributed by atoms with E-state index >= 15 is 0 Å². The molecule has 0 aromatic carbocycles. The Morgan fingerprint density at radius 3 is 2.81 bits per heavy atom. The minimum atomic E-state index is -0.293. The van der Waals surface area contributed by atoms with E-state index in [1.54, 1.807) is 6.92 Å². The third-order valence-electron chi connectivity index (χ3n) is 2.08. The van der Waals surface area contributed by atoms with E-state index in [2.05, 4.69) is 18.5 Å². The van der Waals surface area contributed by atoms with Crippen LogP contribution in [0, 0.1) is 0 Å². The number of esters is 1. The summed E-state index contributed by atoms with van der Waals surface area (Å²) >= 11 is 1.87. The highest BCUT2D eigenvalue weighted by molar-refractivity contribution is 7.99. The SMILES string of the molecule is CCOC(=O)COCCNCCC(C)SC. The molecule has 0 bridgehead atoms. The Morgan fingerprint density at radius 1 is 1.44 bits per heavy atom. The van der Waals surface area contributed by atoms with Crippen LogP contribution in [0.5, 0.6) is 0 Å². The van der Waals surface area contributed by atoms with Crippen molar-refractivity contribution in [3.63, 3.8) is 0 Å². The van der Waals surface area contributed by atoms with Crippen molar-refractivity contribution < 1.29 is 14.3 Å². The number of hydrogen-bond donors (Lipinski definition) is 1. The molecule has 0 saturated carbocycles. The monoisotopic (exact) mass is 249 g/mol. The predicted octanol–water partition coefficient (Wildman–Crippen LogP) is 1.30. The van der Waals surface area contributed by atoms with Gasteiger partial charge in [-0.25, -0.2) is 4.79 Å². The topological polar surface area (TPSA) is 47.6 Å². The summed E-state index contributed by atoms with van der Waals surface area (Å²) < 4.78 is 9.87. The predicted molar refractivity (Wildman–Crippen MR) is 67.9 cm³/mol. The van der Waals surface area contributed by atoms with Gasteiger partial charge in [0.2, 0.25) is 0 Å². The van der Waals surface area contributed by atoms with Gasteiger partial charge in [0.25, 0.3) is 0 Å². The fraction of sp³-hybridized carbons (Fsp3) is 0.909. The summed E-state index contributed by atoms with van der Waals surface area (Å²) in [7, 11) is 0. The van der Waals surface area contributed by atoms with Crippen molar-refractivity contribution in [3.8, 4) is 0 Å². The second-order valence-electron chi connectivity index (χ2n) is 3.44. The molecule has 4 nitrogen and oxygen atoms in total. The maximum atomic E-state index is 10.9. The van der Waals surface area contributed by atoms with Crippen molar-refractivity contribution in [3.05, 3.63) is 0 Å². The standard InChI is InChI=1S/C11H23NO3S/c1-4-15-11(13)9-14-8-7-12-6-5-10(2)16-3/h10,12H,4-9H2,1-3H3. The molecular weight excluding hydrogens is 226 g/mol. The minimum Gasteiger partial charge on any atom is -0.464 e. The van der Waals surface area contributed by atoms with Crippen LogP contribution in [0.1, 0.15) is 20.3 Å². The lowest BCUT2D eigenvalue weighted by atomic mass is 10.3. The fourth-order valence-corrected chi connectivity index (χ4v) is 1.40. The van der Waals surface area contributed by atoms with E-state index in [-0.39, 0.29) is 12.6 Å². The van der Waals surface area contributed by atoms with Gasteiger partial charge in [0.15, 0.2) is 0 Å². The fourth-order valence-electron chi connectivity index (χ4n) is 1.05. The molecule has 0 fully saturated rings. The van der Waals surface area contributed by atoms with Gasteiger partial charge in [0, 0.05) is 11.8 Å². The molecule has 16 heavy (non-hydrogen) atoms. The van der Waals surface area contributed by atoms with Crippen molar-refractivity contribution in [2.45, 2.75) is 25.5 Å². The van der Waals surface area contributed by atoms with Crippen LogP contribution in [0.15, 0.2) is 0 Å². The Bertz CT molecular complexity index is 179. The number of hydrogen-bond acceptors (Lipinski definition) is 5. The van der Waals surface area contributed by atoms with E-state index in [4.69, 9.17) is 9.47 Å². The van der Waals surface area contributed by atoms with Crippen molar-refractivity contribution in [2.75, 3.05) is 39.2 Å². The summed E-state index contributed by atoms with van der Waals surface area (Å²) in [4.78, 5) is 10.9. The second kappa shape index (κ2) is 11.2. The molecule has 0 aromatic rings. The zero-order valence-corrected chi connectivity index (χ0v) is 11.3. The Morgan fingerprint density at radius 2 is 2.19 bits per heavy atom. The molecule has 1 unspecified atom stereocenters. The van der Waals surface area contributed by atoms with Crippen LogP contribution in [0.2, 0.25) is 0 Å². The molecule has 0 spiro atoms. The molecule has 0 saturated heterocycles. The molecule has 1 atom stereocenters. The molecule has 0 rings (SSSR count). The van der Waals surface area contributed by atoms with Crippen LogP contribution in [0.4, 0.5) is 0 Å². The van der Waals surface area contributed by atoms with Crippen LogP contribution in [-0.4, -0.2) is 50.4 Å². The number of carbonyl (C=O) groups is 1. The van der Waals surface area contributed by atoms with Crippen LogP contribution >= 0.6 is 11.8 Å². The van der Waals surface area contributed by atoms with E-state index in [0.29, 0.717) is 18.5 Å². The quantitative estimate of drug-likeness (QED) is 0.467. The molecule has 5 heteroatoms. The maximum absolute atomic E-state index is 10.9. The second-order valence-corrected chi connectivity index (χ2v) is 4.72. The van der Waals surface area contributed by atoms with E-state index in [1.807, 2.05) is 11.8 Å². The Balaban J connectivity index is 3.12. The van der Waals surface area contributed by atoms with Crippen molar-refractivity contribution >= 4 is 17.7 Å². The molecule has 0 aliphatic heterocycles. The first-order valence-corrected chi connectivity index (χ1v) is 6.96. The first-order chi connectivity index (χ1) is 7.70. The zero-order chi connectivity index (χ0) is 12.2. The van der Waals surface area contributed by atoms with Crippen molar-refractivity contribution in [1.82, 2.24) is 5.32 Å². The first-order valence-electron chi connectivity index (χ1n) is 5.67. The normalized spacial score (nSPS) is 12.4. The van der Waals surface area contributed by atoms with Crippen LogP contribution in [0.25, 0.3) is 0 Å². The molecule has 0 aliphatic carbocycles. The number of nitrogens with one attached hydrogen (secondary N) is 1. The van der Waals surface area contributed by atoms with E-state index in [0.717, 1.165) is 19.5 Å². The van der Waals surface area contributed by atoms with Gasteiger partial charge < -0.3 is 14.8 Å². The lowest BCUT2D eigenvalue weighted by molar-refractivity contribution is -0.148. The van der Waals surface area contributed by atoms with Crippen molar-refractivity contribution in [2.24, 2.45) is 0 Å². The van der Waals surface area contributed by atoms with Gasteiger partial charge in [-0.1, -0.05) is 6.92 Å². The summed E-state index contributed by atoms with van der Waals surface area (Å²) in [5.41, 5.74) is 0. The largest absolute Gasteiger partial charge is 0.464 e. The van der Waals surface area contributed by atoms with Gasteiger partial charge in [-0.2, -0.15) is 11.8 Å². The number of thioether (sulfide) groups is 1. The maximum Gasteiger partial charge on any atom is 0.332 e. The van der Waals surface area contributed by atoms with Gasteiger partial charge in [-0.15, -0.1) is 0 Å². The summed E-state index contributed by atoms with van der Waals surface area (Å²) in [6.07, 6.45) is 3.27. The smallest absolute Gasteiger partial charge is 0.332 e. The lowest BCUT2D eigenvalue weighted by Gasteiger charge is -2.09. The number of carbonyl (C=O) groups excluding carboxylic acids is 1. The summed E-state index contributed by atoms with van der Waals surface area (Å²) in [5, 5.41) is 3.95. The lowest BCUT2D eigenvalue weighted by Crippen LogP contribution is -2.24. The van der Waals surface area contributed by atoms with Crippen LogP contribution in [0.3, 0.4) is 0 Å². The summed E-state index contributed by atoms with van der Waals surface area (Å²) in [6, 6.07) is 0. The third kappa shape index (κ3) is 10.3. The number of rotatable bonds is 10. The Hall–Kier alpha value is -0.260.